The first-order valence-electron chi connectivity index (χ1n) is 14.3. The Morgan fingerprint density at radius 3 is 1.97 bits per heavy atom. The van der Waals surface area contributed by atoms with Gasteiger partial charge in [0.15, 0.2) is 0 Å². The summed E-state index contributed by atoms with van der Waals surface area (Å²) in [6.07, 6.45) is 8.24. The molecule has 0 saturated heterocycles. The van der Waals surface area contributed by atoms with Gasteiger partial charge in [0.05, 0.1) is 26.2 Å². The van der Waals surface area contributed by atoms with Crippen LogP contribution in [-0.2, 0) is 33.3 Å². The number of esters is 3. The largest absolute Gasteiger partial charge is 0.466 e. The van der Waals surface area contributed by atoms with Crippen LogP contribution in [0.3, 0.4) is 0 Å². The molecule has 10 nitrogen and oxygen atoms in total. The second-order valence-electron chi connectivity index (χ2n) is 8.79. The van der Waals surface area contributed by atoms with E-state index in [0.717, 1.165) is 19.3 Å². The molecule has 0 aromatic rings. The lowest BCUT2D eigenvalue weighted by molar-refractivity contribution is -0.144. The van der Waals surface area contributed by atoms with Crippen LogP contribution in [0, 0.1) is 0 Å². The molecule has 0 aromatic heterocycles. The van der Waals surface area contributed by atoms with E-state index in [9.17, 15) is 19.2 Å². The first-order chi connectivity index (χ1) is 18.9. The average molecular weight is 595 g/mol. The molecule has 0 aliphatic rings. The molecule has 228 valence electrons. The third-order valence-corrected chi connectivity index (χ3v) is 7.64. The van der Waals surface area contributed by atoms with Crippen molar-refractivity contribution < 1.29 is 38.1 Å². The summed E-state index contributed by atoms with van der Waals surface area (Å²) in [7, 11) is 3.11. The zero-order chi connectivity index (χ0) is 29.0. The number of ether oxygens (including phenoxy) is 4. The van der Waals surface area contributed by atoms with Crippen LogP contribution >= 0.6 is 21.6 Å². The Labute approximate surface area is 242 Å². The third-order valence-electron chi connectivity index (χ3n) is 5.31. The molecule has 0 bridgehead atoms. The number of nitrogens with one attached hydrogen (secondary N) is 1. The second-order valence-corrected chi connectivity index (χ2v) is 11.5. The van der Waals surface area contributed by atoms with Gasteiger partial charge in [0.2, 0.25) is 0 Å². The van der Waals surface area contributed by atoms with Gasteiger partial charge in [0, 0.05) is 31.0 Å². The summed E-state index contributed by atoms with van der Waals surface area (Å²) < 4.78 is 20.6. The van der Waals surface area contributed by atoms with Crippen molar-refractivity contribution >= 4 is 45.6 Å². The summed E-state index contributed by atoms with van der Waals surface area (Å²) in [4.78, 5) is 49.1. The van der Waals surface area contributed by atoms with Crippen LogP contribution in [0.5, 0.6) is 0 Å². The third kappa shape index (κ3) is 25.1. The van der Waals surface area contributed by atoms with Crippen molar-refractivity contribution in [2.45, 2.75) is 85.0 Å². The molecule has 0 heterocycles. The standard InChI is InChI=1S/C27H50N2O8S2/c1-4-7-8-9-10-11-13-24(30)36-19-21-38-39-22-20-37-27(33)29(17-14-25(31)35-18-5-2)16-12-15-28-23-26(32)34-6-3/h28H,4-23H2,1-3H3. The van der Waals surface area contributed by atoms with Gasteiger partial charge in [-0.25, -0.2) is 4.79 Å². The Morgan fingerprint density at radius 1 is 0.641 bits per heavy atom. The van der Waals surface area contributed by atoms with Crippen molar-refractivity contribution in [1.82, 2.24) is 10.2 Å². The van der Waals surface area contributed by atoms with Gasteiger partial charge in [-0.1, -0.05) is 67.5 Å². The summed E-state index contributed by atoms with van der Waals surface area (Å²) in [5.41, 5.74) is 0. The molecule has 1 N–H and O–H groups in total. The summed E-state index contributed by atoms with van der Waals surface area (Å²) in [5, 5.41) is 2.98. The molecule has 0 spiro atoms. The topological polar surface area (TPSA) is 120 Å². The molecule has 0 saturated carbocycles. The molecule has 0 unspecified atom stereocenters. The Balaban J connectivity index is 4.09. The van der Waals surface area contributed by atoms with E-state index in [4.69, 9.17) is 18.9 Å². The number of carbonyl (C=O) groups is 4. The predicted octanol–water partition coefficient (Wildman–Crippen LogP) is 4.99. The first-order valence-corrected chi connectivity index (χ1v) is 16.8. The maximum Gasteiger partial charge on any atom is 0.409 e. The zero-order valence-electron chi connectivity index (χ0n) is 24.2. The highest BCUT2D eigenvalue weighted by molar-refractivity contribution is 8.76. The normalized spacial score (nSPS) is 10.6. The number of hydrogen-bond acceptors (Lipinski definition) is 11. The van der Waals surface area contributed by atoms with Crippen LogP contribution in [0.25, 0.3) is 0 Å². The van der Waals surface area contributed by atoms with Gasteiger partial charge < -0.3 is 29.2 Å². The number of rotatable bonds is 26. The Morgan fingerprint density at radius 2 is 1.28 bits per heavy atom. The summed E-state index contributed by atoms with van der Waals surface area (Å²) in [5.74, 6) is 0.449. The fraction of sp³-hybridized carbons (Fsp3) is 0.852. The van der Waals surface area contributed by atoms with Crippen molar-refractivity contribution in [2.75, 3.05) is 64.1 Å². The van der Waals surface area contributed by atoms with E-state index in [-0.39, 0.29) is 44.0 Å². The van der Waals surface area contributed by atoms with Crippen molar-refractivity contribution in [3.8, 4) is 0 Å². The monoisotopic (exact) mass is 594 g/mol. The minimum Gasteiger partial charge on any atom is -0.466 e. The lowest BCUT2D eigenvalue weighted by Gasteiger charge is -2.22. The summed E-state index contributed by atoms with van der Waals surface area (Å²) in [6, 6.07) is 0. The van der Waals surface area contributed by atoms with E-state index < -0.39 is 6.09 Å². The molecule has 0 atom stereocenters. The highest BCUT2D eigenvalue weighted by Gasteiger charge is 2.17. The Hall–Kier alpha value is -1.66. The Bertz CT molecular complexity index is 655. The van der Waals surface area contributed by atoms with Gasteiger partial charge in [0.1, 0.15) is 13.2 Å². The van der Waals surface area contributed by atoms with Gasteiger partial charge in [0.25, 0.3) is 0 Å². The molecular weight excluding hydrogens is 544 g/mol. The quantitative estimate of drug-likeness (QED) is 0.0631. The molecule has 0 aliphatic carbocycles. The minimum absolute atomic E-state index is 0.0908. The highest BCUT2D eigenvalue weighted by atomic mass is 33.1. The number of carbonyl (C=O) groups excluding carboxylic acids is 4. The molecule has 0 rings (SSSR count). The van der Waals surface area contributed by atoms with E-state index in [2.05, 4.69) is 12.2 Å². The number of nitrogens with zero attached hydrogens (tertiary/aromatic N) is 1. The van der Waals surface area contributed by atoms with Crippen LogP contribution in [0.2, 0.25) is 0 Å². The SMILES string of the molecule is CCCCCCCCC(=O)OCCSSCCOC(=O)N(CCCNCC(=O)OCC)CCC(=O)OCCC. The van der Waals surface area contributed by atoms with Gasteiger partial charge in [-0.2, -0.15) is 0 Å². The fourth-order valence-electron chi connectivity index (χ4n) is 3.29. The van der Waals surface area contributed by atoms with Gasteiger partial charge >= 0.3 is 24.0 Å². The van der Waals surface area contributed by atoms with Crippen LogP contribution < -0.4 is 5.32 Å². The molecule has 0 aromatic carbocycles. The molecular formula is C27H50N2O8S2. The number of unbranched alkanes of at least 4 members (excludes halogenated alkanes) is 5. The van der Waals surface area contributed by atoms with E-state index in [1.54, 1.807) is 28.5 Å². The maximum absolute atomic E-state index is 12.6. The van der Waals surface area contributed by atoms with Crippen molar-refractivity contribution in [3.63, 3.8) is 0 Å². The highest BCUT2D eigenvalue weighted by Crippen LogP contribution is 2.20. The molecule has 39 heavy (non-hydrogen) atoms. The minimum atomic E-state index is -0.488. The molecule has 0 radical (unpaired) electrons. The van der Waals surface area contributed by atoms with Crippen LogP contribution in [0.4, 0.5) is 4.79 Å². The smallest absolute Gasteiger partial charge is 0.409 e. The van der Waals surface area contributed by atoms with Crippen LogP contribution in [0.1, 0.15) is 85.0 Å². The fourth-order valence-corrected chi connectivity index (χ4v) is 4.94. The maximum atomic E-state index is 12.6. The second kappa shape index (κ2) is 27.9. The lowest BCUT2D eigenvalue weighted by Crippen LogP contribution is -2.36. The zero-order valence-corrected chi connectivity index (χ0v) is 25.8. The summed E-state index contributed by atoms with van der Waals surface area (Å²) >= 11 is 0. The molecule has 12 heteroatoms. The lowest BCUT2D eigenvalue weighted by atomic mass is 10.1. The van der Waals surface area contributed by atoms with Crippen molar-refractivity contribution in [3.05, 3.63) is 0 Å². The Kier molecular flexibility index (Phi) is 26.7. The number of amides is 1. The van der Waals surface area contributed by atoms with Gasteiger partial charge in [-0.05, 0) is 32.7 Å². The molecule has 0 fully saturated rings. The van der Waals surface area contributed by atoms with E-state index in [1.807, 2.05) is 6.92 Å². The first kappa shape index (κ1) is 37.3. The number of hydrogen-bond donors (Lipinski definition) is 1. The van der Waals surface area contributed by atoms with E-state index in [0.29, 0.717) is 57.3 Å². The molecule has 1 amide bonds. The van der Waals surface area contributed by atoms with Crippen molar-refractivity contribution in [2.24, 2.45) is 0 Å². The van der Waals surface area contributed by atoms with E-state index >= 15 is 0 Å². The van der Waals surface area contributed by atoms with E-state index in [1.165, 1.54) is 30.6 Å². The molecule has 0 aliphatic heterocycles. The van der Waals surface area contributed by atoms with Gasteiger partial charge in [-0.15, -0.1) is 0 Å². The van der Waals surface area contributed by atoms with Gasteiger partial charge in [-0.3, -0.25) is 14.4 Å². The average Bonchev–Trinajstić information content (AvgIpc) is 2.92. The predicted molar refractivity (Wildman–Crippen MR) is 157 cm³/mol. The van der Waals surface area contributed by atoms with Crippen LogP contribution in [0.15, 0.2) is 0 Å². The van der Waals surface area contributed by atoms with Crippen LogP contribution in [-0.4, -0.2) is 93.0 Å². The van der Waals surface area contributed by atoms with Crippen molar-refractivity contribution in [1.29, 1.82) is 0 Å². The summed E-state index contributed by atoms with van der Waals surface area (Å²) in [6.45, 7) is 8.34.